The van der Waals surface area contributed by atoms with E-state index in [1.54, 1.807) is 0 Å². The van der Waals surface area contributed by atoms with Crippen LogP contribution in [0.3, 0.4) is 0 Å². The largest absolute Gasteiger partial charge is 0.450 e. The summed E-state index contributed by atoms with van der Waals surface area (Å²) >= 11 is 0. The minimum Gasteiger partial charge on any atom is -0.450 e. The fraction of sp³-hybridized carbons (Fsp3) is 0.174. The molecule has 156 valence electrons. The summed E-state index contributed by atoms with van der Waals surface area (Å²) in [7, 11) is 0. The standard InChI is InChI=1S/C23H21N5O3/c1-15-12-16(2)28-23(24-15)26-21(27-28)22(30)31-14-20(29)25-19-11-7-6-10-18(19)13-17-8-4-3-5-9-17/h3-12H,13-14H2,1-2H3,(H,25,29). The summed E-state index contributed by atoms with van der Waals surface area (Å²) in [6, 6.07) is 19.3. The average molecular weight is 415 g/mol. The molecule has 0 aliphatic carbocycles. The Hall–Kier alpha value is -4.07. The lowest BCUT2D eigenvalue weighted by Gasteiger charge is -2.11. The highest BCUT2D eigenvalue weighted by atomic mass is 16.5. The maximum Gasteiger partial charge on any atom is 0.378 e. The zero-order chi connectivity index (χ0) is 21.8. The maximum atomic E-state index is 12.4. The number of nitrogens with zero attached hydrogens (tertiary/aromatic N) is 4. The monoisotopic (exact) mass is 415 g/mol. The van der Waals surface area contributed by atoms with Crippen LogP contribution >= 0.6 is 0 Å². The molecule has 8 heteroatoms. The molecule has 0 atom stereocenters. The van der Waals surface area contributed by atoms with Crippen molar-refractivity contribution >= 4 is 23.3 Å². The van der Waals surface area contributed by atoms with Crippen LogP contribution in [0.15, 0.2) is 60.7 Å². The summed E-state index contributed by atoms with van der Waals surface area (Å²) in [5, 5.41) is 6.92. The van der Waals surface area contributed by atoms with E-state index in [9.17, 15) is 9.59 Å². The molecule has 1 N–H and O–H groups in total. The second-order valence-corrected chi connectivity index (χ2v) is 7.13. The highest BCUT2D eigenvalue weighted by molar-refractivity contribution is 5.95. The van der Waals surface area contributed by atoms with Crippen LogP contribution in [0.5, 0.6) is 0 Å². The lowest BCUT2D eigenvalue weighted by atomic mass is 10.0. The molecule has 0 radical (unpaired) electrons. The first-order valence-corrected chi connectivity index (χ1v) is 9.79. The van der Waals surface area contributed by atoms with Gasteiger partial charge in [-0.05, 0) is 43.5 Å². The van der Waals surface area contributed by atoms with E-state index in [0.717, 1.165) is 22.5 Å². The van der Waals surface area contributed by atoms with Gasteiger partial charge < -0.3 is 10.1 Å². The number of carbonyl (C=O) groups is 2. The number of aryl methyl sites for hydroxylation is 2. The predicted molar refractivity (Wildman–Crippen MR) is 115 cm³/mol. The average Bonchev–Trinajstić information content (AvgIpc) is 3.19. The number of esters is 1. The Labute approximate surface area is 178 Å². The van der Waals surface area contributed by atoms with Gasteiger partial charge in [-0.15, -0.1) is 5.10 Å². The third kappa shape index (κ3) is 4.75. The summed E-state index contributed by atoms with van der Waals surface area (Å²) in [6.45, 7) is 3.23. The lowest BCUT2D eigenvalue weighted by Crippen LogP contribution is -2.22. The number of hydrogen-bond acceptors (Lipinski definition) is 6. The molecule has 1 amide bonds. The Morgan fingerprint density at radius 3 is 2.55 bits per heavy atom. The van der Waals surface area contributed by atoms with Crippen LogP contribution < -0.4 is 5.32 Å². The SMILES string of the molecule is Cc1cc(C)n2nc(C(=O)OCC(=O)Nc3ccccc3Cc3ccccc3)nc2n1. The number of benzene rings is 2. The summed E-state index contributed by atoms with van der Waals surface area (Å²) in [5.74, 6) is -1.06. The molecular weight excluding hydrogens is 394 g/mol. The molecule has 0 saturated heterocycles. The highest BCUT2D eigenvalue weighted by Gasteiger charge is 2.18. The Morgan fingerprint density at radius 1 is 1.00 bits per heavy atom. The van der Waals surface area contributed by atoms with Gasteiger partial charge in [-0.2, -0.15) is 4.98 Å². The summed E-state index contributed by atoms with van der Waals surface area (Å²) in [5.41, 5.74) is 4.33. The van der Waals surface area contributed by atoms with Gasteiger partial charge in [0.2, 0.25) is 0 Å². The van der Waals surface area contributed by atoms with Gasteiger partial charge in [0, 0.05) is 17.1 Å². The zero-order valence-corrected chi connectivity index (χ0v) is 17.2. The molecule has 4 rings (SSSR count). The third-order valence-electron chi connectivity index (χ3n) is 4.66. The van der Waals surface area contributed by atoms with Crippen LogP contribution in [0.2, 0.25) is 0 Å². The molecule has 0 aliphatic heterocycles. The van der Waals surface area contributed by atoms with Crippen LogP contribution in [0.1, 0.15) is 33.1 Å². The van der Waals surface area contributed by atoms with Crippen molar-refractivity contribution in [2.45, 2.75) is 20.3 Å². The van der Waals surface area contributed by atoms with Gasteiger partial charge in [0.25, 0.3) is 17.5 Å². The number of para-hydroxylation sites is 1. The summed E-state index contributed by atoms with van der Waals surface area (Å²) in [6.07, 6.45) is 0.675. The summed E-state index contributed by atoms with van der Waals surface area (Å²) < 4.78 is 6.56. The van der Waals surface area contributed by atoms with E-state index in [4.69, 9.17) is 4.74 Å². The molecule has 2 aromatic carbocycles. The van der Waals surface area contributed by atoms with Crippen molar-refractivity contribution in [3.05, 3.63) is 89.0 Å². The molecule has 0 bridgehead atoms. The summed E-state index contributed by atoms with van der Waals surface area (Å²) in [4.78, 5) is 33.0. The van der Waals surface area contributed by atoms with E-state index in [0.29, 0.717) is 17.9 Å². The topological polar surface area (TPSA) is 98.5 Å². The number of carbonyl (C=O) groups excluding carboxylic acids is 2. The van der Waals surface area contributed by atoms with E-state index < -0.39 is 18.5 Å². The van der Waals surface area contributed by atoms with E-state index in [1.165, 1.54) is 4.52 Å². The van der Waals surface area contributed by atoms with Crippen molar-refractivity contribution in [2.75, 3.05) is 11.9 Å². The van der Waals surface area contributed by atoms with Gasteiger partial charge >= 0.3 is 5.97 Å². The smallest absolute Gasteiger partial charge is 0.378 e. The number of anilines is 1. The van der Waals surface area contributed by atoms with Gasteiger partial charge in [0.15, 0.2) is 6.61 Å². The van der Waals surface area contributed by atoms with Crippen molar-refractivity contribution in [1.82, 2.24) is 19.6 Å². The normalized spacial score (nSPS) is 10.8. The van der Waals surface area contributed by atoms with Gasteiger partial charge in [0.05, 0.1) is 0 Å². The Balaban J connectivity index is 1.40. The van der Waals surface area contributed by atoms with Crippen LogP contribution in [-0.4, -0.2) is 38.1 Å². The van der Waals surface area contributed by atoms with Crippen LogP contribution in [0.4, 0.5) is 5.69 Å². The fourth-order valence-electron chi connectivity index (χ4n) is 3.25. The van der Waals surface area contributed by atoms with Crippen LogP contribution in [0.25, 0.3) is 5.78 Å². The van der Waals surface area contributed by atoms with E-state index in [2.05, 4.69) is 20.4 Å². The number of nitrogens with one attached hydrogen (secondary N) is 1. The third-order valence-corrected chi connectivity index (χ3v) is 4.66. The number of hydrogen-bond donors (Lipinski definition) is 1. The molecule has 0 spiro atoms. The molecule has 2 aromatic heterocycles. The minimum atomic E-state index is -0.782. The van der Waals surface area contributed by atoms with Crippen LogP contribution in [-0.2, 0) is 16.0 Å². The van der Waals surface area contributed by atoms with Crippen molar-refractivity contribution in [3.63, 3.8) is 0 Å². The van der Waals surface area contributed by atoms with Crippen molar-refractivity contribution in [3.8, 4) is 0 Å². The quantitative estimate of drug-likeness (QED) is 0.486. The first-order valence-electron chi connectivity index (χ1n) is 9.79. The second kappa shape index (κ2) is 8.74. The van der Waals surface area contributed by atoms with Crippen molar-refractivity contribution in [1.29, 1.82) is 0 Å². The van der Waals surface area contributed by atoms with Crippen molar-refractivity contribution < 1.29 is 14.3 Å². The molecule has 8 nitrogen and oxygen atoms in total. The first-order chi connectivity index (χ1) is 15.0. The van der Waals surface area contributed by atoms with Gasteiger partial charge in [-0.3, -0.25) is 4.79 Å². The van der Waals surface area contributed by atoms with Gasteiger partial charge in [-0.1, -0.05) is 48.5 Å². The van der Waals surface area contributed by atoms with Gasteiger partial charge in [-0.25, -0.2) is 14.3 Å². The predicted octanol–water partition coefficient (Wildman–Crippen LogP) is 3.13. The Morgan fingerprint density at radius 2 is 1.74 bits per heavy atom. The number of aromatic nitrogens is 4. The molecule has 0 saturated carbocycles. The fourth-order valence-corrected chi connectivity index (χ4v) is 3.25. The number of rotatable bonds is 6. The number of fused-ring (bicyclic) bond motifs is 1. The minimum absolute atomic E-state index is 0.140. The molecule has 0 unspecified atom stereocenters. The zero-order valence-electron chi connectivity index (χ0n) is 17.2. The van der Waals surface area contributed by atoms with Crippen LogP contribution in [0, 0.1) is 13.8 Å². The molecule has 2 heterocycles. The number of ether oxygens (including phenoxy) is 1. The lowest BCUT2D eigenvalue weighted by molar-refractivity contribution is -0.119. The molecule has 0 aliphatic rings. The Bertz CT molecular complexity index is 1250. The Kier molecular flexibility index (Phi) is 5.70. The van der Waals surface area contributed by atoms with Gasteiger partial charge in [0.1, 0.15) is 0 Å². The van der Waals surface area contributed by atoms with E-state index >= 15 is 0 Å². The van der Waals surface area contributed by atoms with E-state index in [-0.39, 0.29) is 5.82 Å². The molecular formula is C23H21N5O3. The molecule has 0 fully saturated rings. The molecule has 4 aromatic rings. The molecule has 31 heavy (non-hydrogen) atoms. The maximum absolute atomic E-state index is 12.4. The number of amides is 1. The second-order valence-electron chi connectivity index (χ2n) is 7.13. The van der Waals surface area contributed by atoms with Crippen molar-refractivity contribution in [2.24, 2.45) is 0 Å². The highest BCUT2D eigenvalue weighted by Crippen LogP contribution is 2.19. The first kappa shape index (κ1) is 20.2. The van der Waals surface area contributed by atoms with E-state index in [1.807, 2.05) is 74.5 Å².